The molecule has 3 rings (SSSR count). The number of hydrogen-bond donors (Lipinski definition) is 1. The molecule has 2 aromatic heterocycles. The maximum Gasteiger partial charge on any atom is 0.416 e. The van der Waals surface area contributed by atoms with E-state index in [4.69, 9.17) is 0 Å². The SMILES string of the molecule is O=C(CCNc1cc(C(F)(F)F)ccn1)N1CCN(c2ncccn2)CC1. The predicted molar refractivity (Wildman–Crippen MR) is 93.2 cm³/mol. The van der Waals surface area contributed by atoms with Crippen molar-refractivity contribution in [2.75, 3.05) is 42.9 Å². The standard InChI is InChI=1S/C17H19F3N6O/c18-17(19,20)13-2-6-21-14(12-13)22-7-3-15(27)25-8-10-26(11-9-25)16-23-4-1-5-24-16/h1-2,4-6,12H,3,7-11H2,(H,21,22). The summed E-state index contributed by atoms with van der Waals surface area (Å²) in [5, 5.41) is 2.77. The van der Waals surface area contributed by atoms with Crippen LogP contribution in [0.4, 0.5) is 24.9 Å². The average Bonchev–Trinajstić information content (AvgIpc) is 2.68. The third-order valence-corrected chi connectivity index (χ3v) is 4.20. The van der Waals surface area contributed by atoms with Gasteiger partial charge in [-0.2, -0.15) is 13.2 Å². The van der Waals surface area contributed by atoms with E-state index < -0.39 is 11.7 Å². The summed E-state index contributed by atoms with van der Waals surface area (Å²) in [6.45, 7) is 2.60. The highest BCUT2D eigenvalue weighted by molar-refractivity contribution is 5.77. The molecule has 1 aliphatic rings. The molecule has 1 saturated heterocycles. The van der Waals surface area contributed by atoms with E-state index in [2.05, 4.69) is 20.3 Å². The third kappa shape index (κ3) is 5.05. The first-order valence-corrected chi connectivity index (χ1v) is 8.50. The molecule has 1 aliphatic heterocycles. The van der Waals surface area contributed by atoms with Crippen molar-refractivity contribution in [3.63, 3.8) is 0 Å². The summed E-state index contributed by atoms with van der Waals surface area (Å²) >= 11 is 0. The number of nitrogens with one attached hydrogen (secondary N) is 1. The molecule has 2 aromatic rings. The van der Waals surface area contributed by atoms with E-state index in [0.717, 1.165) is 18.3 Å². The van der Waals surface area contributed by atoms with Gasteiger partial charge in [-0.15, -0.1) is 0 Å². The summed E-state index contributed by atoms with van der Waals surface area (Å²) in [7, 11) is 0. The lowest BCUT2D eigenvalue weighted by molar-refractivity contribution is -0.137. The Morgan fingerprint density at radius 3 is 2.44 bits per heavy atom. The largest absolute Gasteiger partial charge is 0.416 e. The van der Waals surface area contributed by atoms with Crippen molar-refractivity contribution in [3.05, 3.63) is 42.4 Å². The number of pyridine rings is 1. The van der Waals surface area contributed by atoms with Gasteiger partial charge in [0.05, 0.1) is 5.56 Å². The van der Waals surface area contributed by atoms with Crippen molar-refractivity contribution in [1.29, 1.82) is 0 Å². The van der Waals surface area contributed by atoms with Crippen molar-refractivity contribution in [2.45, 2.75) is 12.6 Å². The number of amides is 1. The summed E-state index contributed by atoms with van der Waals surface area (Å²) in [5.41, 5.74) is -0.773. The molecule has 0 bridgehead atoms. The minimum Gasteiger partial charge on any atom is -0.370 e. The Morgan fingerprint density at radius 1 is 1.07 bits per heavy atom. The van der Waals surface area contributed by atoms with E-state index in [1.165, 1.54) is 0 Å². The Morgan fingerprint density at radius 2 is 1.78 bits per heavy atom. The first-order valence-electron chi connectivity index (χ1n) is 8.50. The lowest BCUT2D eigenvalue weighted by atomic mass is 10.2. The van der Waals surface area contributed by atoms with Gasteiger partial charge in [-0.1, -0.05) is 0 Å². The van der Waals surface area contributed by atoms with Crippen molar-refractivity contribution < 1.29 is 18.0 Å². The molecule has 27 heavy (non-hydrogen) atoms. The highest BCUT2D eigenvalue weighted by Gasteiger charge is 2.30. The predicted octanol–water partition coefficient (Wildman–Crippen LogP) is 2.04. The number of hydrogen-bond acceptors (Lipinski definition) is 6. The van der Waals surface area contributed by atoms with Gasteiger partial charge in [0.2, 0.25) is 11.9 Å². The van der Waals surface area contributed by atoms with Crippen LogP contribution in [0.25, 0.3) is 0 Å². The van der Waals surface area contributed by atoms with Gasteiger partial charge in [-0.3, -0.25) is 4.79 Å². The lowest BCUT2D eigenvalue weighted by Gasteiger charge is -2.34. The van der Waals surface area contributed by atoms with E-state index in [1.807, 2.05) is 4.90 Å². The van der Waals surface area contributed by atoms with Gasteiger partial charge in [0, 0.05) is 57.7 Å². The molecule has 1 amide bonds. The molecule has 0 radical (unpaired) electrons. The highest BCUT2D eigenvalue weighted by atomic mass is 19.4. The minimum atomic E-state index is -4.42. The van der Waals surface area contributed by atoms with Crippen LogP contribution >= 0.6 is 0 Å². The zero-order valence-electron chi connectivity index (χ0n) is 14.5. The summed E-state index contributed by atoms with van der Waals surface area (Å²) in [6.07, 6.45) is 0.204. The van der Waals surface area contributed by atoms with E-state index in [-0.39, 0.29) is 24.7 Å². The average molecular weight is 380 g/mol. The summed E-state index contributed by atoms with van der Waals surface area (Å²) in [4.78, 5) is 28.3. The minimum absolute atomic E-state index is 0.0527. The molecular formula is C17H19F3N6O. The Bertz CT molecular complexity index is 763. The summed E-state index contributed by atoms with van der Waals surface area (Å²) in [5.74, 6) is 0.689. The second kappa shape index (κ2) is 8.19. The van der Waals surface area contributed by atoms with Crippen LogP contribution in [0.5, 0.6) is 0 Å². The van der Waals surface area contributed by atoms with Gasteiger partial charge in [0.15, 0.2) is 0 Å². The molecule has 0 aromatic carbocycles. The number of carbonyl (C=O) groups is 1. The van der Waals surface area contributed by atoms with Crippen molar-refractivity contribution >= 4 is 17.7 Å². The van der Waals surface area contributed by atoms with Gasteiger partial charge >= 0.3 is 6.18 Å². The zero-order chi connectivity index (χ0) is 19.3. The van der Waals surface area contributed by atoms with Gasteiger partial charge in [0.25, 0.3) is 0 Å². The lowest BCUT2D eigenvalue weighted by Crippen LogP contribution is -2.49. The maximum atomic E-state index is 12.7. The number of carbonyl (C=O) groups excluding carboxylic acids is 1. The van der Waals surface area contributed by atoms with Crippen LogP contribution in [0.15, 0.2) is 36.8 Å². The molecule has 0 unspecified atom stereocenters. The Kier molecular flexibility index (Phi) is 5.72. The van der Waals surface area contributed by atoms with Crippen LogP contribution in [-0.2, 0) is 11.0 Å². The molecule has 0 spiro atoms. The molecule has 1 N–H and O–H groups in total. The molecule has 10 heteroatoms. The van der Waals surface area contributed by atoms with Crippen LogP contribution in [0.2, 0.25) is 0 Å². The molecule has 3 heterocycles. The monoisotopic (exact) mass is 380 g/mol. The first kappa shape index (κ1) is 18.9. The van der Waals surface area contributed by atoms with Crippen molar-refractivity contribution in [3.8, 4) is 0 Å². The second-order valence-corrected chi connectivity index (χ2v) is 6.02. The molecule has 0 aliphatic carbocycles. The molecule has 1 fully saturated rings. The van der Waals surface area contributed by atoms with Gasteiger partial charge in [-0.05, 0) is 18.2 Å². The molecule has 7 nitrogen and oxygen atoms in total. The van der Waals surface area contributed by atoms with E-state index in [0.29, 0.717) is 32.1 Å². The summed E-state index contributed by atoms with van der Waals surface area (Å²) < 4.78 is 38.1. The number of aromatic nitrogens is 3. The number of piperazine rings is 1. The molecule has 144 valence electrons. The van der Waals surface area contributed by atoms with Crippen LogP contribution in [0.3, 0.4) is 0 Å². The van der Waals surface area contributed by atoms with Crippen LogP contribution in [0, 0.1) is 0 Å². The molecular weight excluding hydrogens is 361 g/mol. The normalized spacial score (nSPS) is 14.9. The number of nitrogens with zero attached hydrogens (tertiary/aromatic N) is 5. The van der Waals surface area contributed by atoms with Gasteiger partial charge in [0.1, 0.15) is 5.82 Å². The maximum absolute atomic E-state index is 12.7. The van der Waals surface area contributed by atoms with E-state index in [1.54, 1.807) is 23.4 Å². The number of anilines is 2. The van der Waals surface area contributed by atoms with Crippen LogP contribution in [0.1, 0.15) is 12.0 Å². The first-order chi connectivity index (χ1) is 12.9. The van der Waals surface area contributed by atoms with E-state index in [9.17, 15) is 18.0 Å². The van der Waals surface area contributed by atoms with Crippen molar-refractivity contribution in [1.82, 2.24) is 19.9 Å². The fourth-order valence-corrected chi connectivity index (χ4v) is 2.77. The Balaban J connectivity index is 1.44. The second-order valence-electron chi connectivity index (χ2n) is 6.02. The molecule has 0 saturated carbocycles. The zero-order valence-corrected chi connectivity index (χ0v) is 14.5. The van der Waals surface area contributed by atoms with Crippen molar-refractivity contribution in [2.24, 2.45) is 0 Å². The number of alkyl halides is 3. The number of rotatable bonds is 5. The molecule has 0 atom stereocenters. The topological polar surface area (TPSA) is 74.2 Å². The van der Waals surface area contributed by atoms with Crippen LogP contribution < -0.4 is 10.2 Å². The van der Waals surface area contributed by atoms with E-state index >= 15 is 0 Å². The smallest absolute Gasteiger partial charge is 0.370 e. The highest BCUT2D eigenvalue weighted by Crippen LogP contribution is 2.29. The third-order valence-electron chi connectivity index (χ3n) is 4.20. The fraction of sp³-hybridized carbons (Fsp3) is 0.412. The Hall–Kier alpha value is -2.91. The van der Waals surface area contributed by atoms with Gasteiger partial charge in [-0.25, -0.2) is 15.0 Å². The van der Waals surface area contributed by atoms with Gasteiger partial charge < -0.3 is 15.1 Å². The summed E-state index contributed by atoms with van der Waals surface area (Å²) in [6, 6.07) is 3.59. The van der Waals surface area contributed by atoms with Crippen LogP contribution in [-0.4, -0.2) is 58.5 Å². The number of halogens is 3. The quantitative estimate of drug-likeness (QED) is 0.856. The fourth-order valence-electron chi connectivity index (χ4n) is 2.77. The Labute approximate surface area is 154 Å².